The first-order valence-corrected chi connectivity index (χ1v) is 7.31. The number of benzene rings is 1. The SMILES string of the molecule is O=C1Cc2cc([N+](=O)[O-])c(NCc3ccc(Cl)s3)cc2N1. The number of fused-ring (bicyclic) bond motifs is 1. The van der Waals surface area contributed by atoms with E-state index in [1.165, 1.54) is 17.4 Å². The molecule has 0 saturated heterocycles. The molecule has 2 N–H and O–H groups in total. The minimum absolute atomic E-state index is 0.0343. The molecule has 0 spiro atoms. The summed E-state index contributed by atoms with van der Waals surface area (Å²) >= 11 is 7.26. The molecule has 0 fully saturated rings. The van der Waals surface area contributed by atoms with Crippen molar-refractivity contribution in [2.45, 2.75) is 13.0 Å². The normalized spacial score (nSPS) is 12.9. The maximum atomic E-state index is 11.4. The van der Waals surface area contributed by atoms with Gasteiger partial charge in [0.05, 0.1) is 15.7 Å². The van der Waals surface area contributed by atoms with Gasteiger partial charge in [-0.2, -0.15) is 0 Å². The van der Waals surface area contributed by atoms with Gasteiger partial charge < -0.3 is 10.6 Å². The van der Waals surface area contributed by atoms with Gasteiger partial charge in [0.15, 0.2) is 0 Å². The predicted molar refractivity (Wildman–Crippen MR) is 82.1 cm³/mol. The second kappa shape index (κ2) is 5.34. The number of rotatable bonds is 4. The lowest BCUT2D eigenvalue weighted by Gasteiger charge is -2.08. The largest absolute Gasteiger partial charge is 0.375 e. The van der Waals surface area contributed by atoms with Crippen LogP contribution in [-0.4, -0.2) is 10.8 Å². The Labute approximate surface area is 128 Å². The summed E-state index contributed by atoms with van der Waals surface area (Å²) in [4.78, 5) is 23.0. The molecule has 0 unspecified atom stereocenters. The number of anilines is 2. The molecule has 8 heteroatoms. The third-order valence-corrected chi connectivity index (χ3v) is 4.36. The van der Waals surface area contributed by atoms with Crippen LogP contribution in [0.2, 0.25) is 4.34 Å². The lowest BCUT2D eigenvalue weighted by atomic mass is 10.1. The summed E-state index contributed by atoms with van der Waals surface area (Å²) in [6.45, 7) is 0.435. The summed E-state index contributed by atoms with van der Waals surface area (Å²) in [7, 11) is 0. The van der Waals surface area contributed by atoms with Crippen molar-refractivity contribution in [3.63, 3.8) is 0 Å². The highest BCUT2D eigenvalue weighted by Crippen LogP contribution is 2.35. The predicted octanol–water partition coefficient (Wildman–Crippen LogP) is 3.42. The molecule has 2 heterocycles. The Morgan fingerprint density at radius 1 is 1.43 bits per heavy atom. The van der Waals surface area contributed by atoms with Crippen LogP contribution in [0.1, 0.15) is 10.4 Å². The Kier molecular flexibility index (Phi) is 3.52. The molecule has 0 atom stereocenters. The zero-order valence-corrected chi connectivity index (χ0v) is 12.3. The Morgan fingerprint density at radius 2 is 2.24 bits per heavy atom. The summed E-state index contributed by atoms with van der Waals surface area (Å²) in [6, 6.07) is 6.69. The molecule has 108 valence electrons. The number of nitro groups is 1. The van der Waals surface area contributed by atoms with Crippen LogP contribution >= 0.6 is 22.9 Å². The quantitative estimate of drug-likeness (QED) is 0.667. The van der Waals surface area contributed by atoms with E-state index in [0.717, 1.165) is 4.88 Å². The molecular weight excluding hydrogens is 314 g/mol. The molecule has 1 aromatic carbocycles. The first-order valence-electron chi connectivity index (χ1n) is 6.12. The average Bonchev–Trinajstić information content (AvgIpc) is 2.99. The van der Waals surface area contributed by atoms with Crippen LogP contribution in [0, 0.1) is 10.1 Å². The minimum atomic E-state index is -0.452. The topological polar surface area (TPSA) is 84.3 Å². The van der Waals surface area contributed by atoms with E-state index in [4.69, 9.17) is 11.6 Å². The molecule has 1 aromatic heterocycles. The maximum Gasteiger partial charge on any atom is 0.292 e. The molecule has 21 heavy (non-hydrogen) atoms. The number of hydrogen-bond acceptors (Lipinski definition) is 5. The van der Waals surface area contributed by atoms with Gasteiger partial charge >= 0.3 is 0 Å². The summed E-state index contributed by atoms with van der Waals surface area (Å²) in [5.74, 6) is -0.151. The van der Waals surface area contributed by atoms with Crippen LogP contribution in [0.25, 0.3) is 0 Å². The zero-order chi connectivity index (χ0) is 15.0. The van der Waals surface area contributed by atoms with Crippen LogP contribution in [0.3, 0.4) is 0 Å². The second-order valence-corrected chi connectivity index (χ2v) is 6.37. The number of nitrogens with one attached hydrogen (secondary N) is 2. The number of nitrogens with zero attached hydrogens (tertiary/aromatic N) is 1. The highest BCUT2D eigenvalue weighted by molar-refractivity contribution is 7.16. The van der Waals surface area contributed by atoms with E-state index in [1.807, 2.05) is 6.07 Å². The summed E-state index contributed by atoms with van der Waals surface area (Å²) in [5, 5.41) is 16.9. The molecule has 1 aliphatic heterocycles. The van der Waals surface area contributed by atoms with E-state index in [9.17, 15) is 14.9 Å². The van der Waals surface area contributed by atoms with Crippen molar-refractivity contribution < 1.29 is 9.72 Å². The first kappa shape index (κ1) is 13.8. The van der Waals surface area contributed by atoms with Gasteiger partial charge in [0.1, 0.15) is 5.69 Å². The lowest BCUT2D eigenvalue weighted by molar-refractivity contribution is -0.384. The Hall–Kier alpha value is -2.12. The highest BCUT2D eigenvalue weighted by Gasteiger charge is 2.24. The van der Waals surface area contributed by atoms with Gasteiger partial charge in [-0.15, -0.1) is 11.3 Å². The van der Waals surface area contributed by atoms with Gasteiger partial charge in [-0.1, -0.05) is 11.6 Å². The highest BCUT2D eigenvalue weighted by atomic mass is 35.5. The number of nitro benzene ring substituents is 1. The van der Waals surface area contributed by atoms with Crippen molar-refractivity contribution >= 4 is 45.9 Å². The van der Waals surface area contributed by atoms with Crippen LogP contribution in [0.5, 0.6) is 0 Å². The van der Waals surface area contributed by atoms with Crippen molar-refractivity contribution in [2.24, 2.45) is 0 Å². The van der Waals surface area contributed by atoms with Crippen LogP contribution in [-0.2, 0) is 17.8 Å². The number of carbonyl (C=O) groups excluding carboxylic acids is 1. The van der Waals surface area contributed by atoms with E-state index < -0.39 is 4.92 Å². The average molecular weight is 324 g/mol. The van der Waals surface area contributed by atoms with Crippen LogP contribution < -0.4 is 10.6 Å². The van der Waals surface area contributed by atoms with Crippen LogP contribution in [0.4, 0.5) is 17.1 Å². The fourth-order valence-electron chi connectivity index (χ4n) is 2.18. The number of halogens is 1. The standard InChI is InChI=1S/C13H10ClN3O3S/c14-12-2-1-8(21-12)6-15-10-5-9-7(4-13(18)16-9)3-11(10)17(19)20/h1-3,5,15H,4,6H2,(H,16,18). The molecular formula is C13H10ClN3O3S. The molecule has 0 aliphatic carbocycles. The lowest BCUT2D eigenvalue weighted by Crippen LogP contribution is -2.04. The van der Waals surface area contributed by atoms with E-state index in [0.29, 0.717) is 27.8 Å². The summed E-state index contributed by atoms with van der Waals surface area (Å²) < 4.78 is 0.669. The molecule has 2 aromatic rings. The zero-order valence-electron chi connectivity index (χ0n) is 10.7. The van der Waals surface area contributed by atoms with Gasteiger partial charge in [0, 0.05) is 23.2 Å². The Bertz CT molecular complexity index is 744. The minimum Gasteiger partial charge on any atom is -0.375 e. The monoisotopic (exact) mass is 323 g/mol. The third kappa shape index (κ3) is 2.84. The maximum absolute atomic E-state index is 11.4. The third-order valence-electron chi connectivity index (χ3n) is 3.13. The van der Waals surface area contributed by atoms with E-state index >= 15 is 0 Å². The van der Waals surface area contributed by atoms with Gasteiger partial charge in [-0.25, -0.2) is 0 Å². The molecule has 3 rings (SSSR count). The molecule has 0 radical (unpaired) electrons. The Morgan fingerprint density at radius 3 is 2.90 bits per heavy atom. The second-order valence-electron chi connectivity index (χ2n) is 4.57. The number of amides is 1. The molecule has 1 amide bonds. The van der Waals surface area contributed by atoms with Crippen molar-refractivity contribution in [1.82, 2.24) is 0 Å². The fraction of sp³-hybridized carbons (Fsp3) is 0.154. The van der Waals surface area contributed by atoms with Crippen molar-refractivity contribution in [3.8, 4) is 0 Å². The van der Waals surface area contributed by atoms with Gasteiger partial charge in [0.25, 0.3) is 5.69 Å². The van der Waals surface area contributed by atoms with E-state index in [1.54, 1.807) is 12.1 Å². The van der Waals surface area contributed by atoms with Gasteiger partial charge in [-0.3, -0.25) is 14.9 Å². The van der Waals surface area contributed by atoms with Crippen molar-refractivity contribution in [1.29, 1.82) is 0 Å². The number of hydrogen-bond donors (Lipinski definition) is 2. The fourth-order valence-corrected chi connectivity index (χ4v) is 3.21. The van der Waals surface area contributed by atoms with Gasteiger partial charge in [0.2, 0.25) is 5.91 Å². The van der Waals surface area contributed by atoms with E-state index in [2.05, 4.69) is 10.6 Å². The molecule has 1 aliphatic rings. The summed E-state index contributed by atoms with van der Waals surface area (Å²) in [5.41, 5.74) is 1.62. The first-order chi connectivity index (χ1) is 10.0. The van der Waals surface area contributed by atoms with Crippen molar-refractivity contribution in [3.05, 3.63) is 49.2 Å². The Balaban J connectivity index is 1.88. The van der Waals surface area contributed by atoms with Gasteiger partial charge in [-0.05, 0) is 23.8 Å². The van der Waals surface area contributed by atoms with Crippen LogP contribution in [0.15, 0.2) is 24.3 Å². The van der Waals surface area contributed by atoms with Crippen molar-refractivity contribution in [2.75, 3.05) is 10.6 Å². The van der Waals surface area contributed by atoms with E-state index in [-0.39, 0.29) is 18.0 Å². The molecule has 6 nitrogen and oxygen atoms in total. The number of thiophene rings is 1. The summed E-state index contributed by atoms with van der Waals surface area (Å²) in [6.07, 6.45) is 0.178. The smallest absolute Gasteiger partial charge is 0.292 e. The molecule has 0 bridgehead atoms. The number of carbonyl (C=O) groups is 1. The molecule has 0 saturated carbocycles.